The van der Waals surface area contributed by atoms with E-state index in [1.807, 2.05) is 18.3 Å². The van der Waals surface area contributed by atoms with Crippen LogP contribution < -0.4 is 0 Å². The number of H-pyrrole nitrogens is 1. The van der Waals surface area contributed by atoms with Gasteiger partial charge in [-0.25, -0.2) is 0 Å². The minimum Gasteiger partial charge on any atom is -0.361 e. The van der Waals surface area contributed by atoms with Gasteiger partial charge in [-0.15, -0.1) is 0 Å². The summed E-state index contributed by atoms with van der Waals surface area (Å²) in [6, 6.07) is 31.5. The SMILES string of the molecule is c1ccc(Cn2ccc3ccccc32)cc1.c1ccc2[nH]ccc2c1. The molecule has 0 aliphatic rings. The van der Waals surface area contributed by atoms with Crippen molar-refractivity contribution in [2.24, 2.45) is 0 Å². The molecule has 3 aromatic carbocycles. The van der Waals surface area contributed by atoms with E-state index in [0.717, 1.165) is 6.54 Å². The first-order chi connectivity index (χ1) is 12.4. The van der Waals surface area contributed by atoms with Gasteiger partial charge in [-0.3, -0.25) is 0 Å². The van der Waals surface area contributed by atoms with Crippen molar-refractivity contribution in [3.05, 3.63) is 109 Å². The van der Waals surface area contributed by atoms with Crippen LogP contribution in [0.4, 0.5) is 0 Å². The lowest BCUT2D eigenvalue weighted by Gasteiger charge is -2.05. The van der Waals surface area contributed by atoms with Crippen molar-refractivity contribution < 1.29 is 0 Å². The number of aromatic nitrogens is 2. The predicted molar refractivity (Wildman–Crippen MR) is 106 cm³/mol. The molecule has 5 rings (SSSR count). The summed E-state index contributed by atoms with van der Waals surface area (Å²) in [5, 5.41) is 2.58. The van der Waals surface area contributed by atoms with Crippen LogP contribution in [0, 0.1) is 0 Å². The number of hydrogen-bond acceptors (Lipinski definition) is 0. The lowest BCUT2D eigenvalue weighted by atomic mass is 10.2. The van der Waals surface area contributed by atoms with Crippen LogP contribution in [0.1, 0.15) is 5.56 Å². The van der Waals surface area contributed by atoms with Crippen molar-refractivity contribution in [1.82, 2.24) is 9.55 Å². The molecule has 0 amide bonds. The predicted octanol–water partition coefficient (Wildman–Crippen LogP) is 5.86. The fraction of sp³-hybridized carbons (Fsp3) is 0.0435. The highest BCUT2D eigenvalue weighted by molar-refractivity contribution is 5.80. The van der Waals surface area contributed by atoms with Crippen LogP contribution in [0.3, 0.4) is 0 Å². The van der Waals surface area contributed by atoms with Gasteiger partial charge in [-0.2, -0.15) is 0 Å². The second kappa shape index (κ2) is 7.10. The first-order valence-electron chi connectivity index (χ1n) is 8.50. The normalized spacial score (nSPS) is 10.6. The standard InChI is InChI=1S/C15H13N.C8H7N/c1-2-6-13(7-3-1)12-16-11-10-14-8-4-5-9-15(14)16;1-2-4-8-7(3-1)5-6-9-8/h1-11H,12H2;1-6,9H. The molecule has 0 aliphatic carbocycles. The smallest absolute Gasteiger partial charge is 0.0483 e. The van der Waals surface area contributed by atoms with Crippen molar-refractivity contribution in [3.63, 3.8) is 0 Å². The van der Waals surface area contributed by atoms with Gasteiger partial charge in [0.05, 0.1) is 0 Å². The Morgan fingerprint density at radius 1 is 0.640 bits per heavy atom. The zero-order chi connectivity index (χ0) is 16.9. The maximum Gasteiger partial charge on any atom is 0.0483 e. The third kappa shape index (κ3) is 3.48. The third-order valence-electron chi connectivity index (χ3n) is 4.34. The minimum absolute atomic E-state index is 0.939. The molecule has 0 fully saturated rings. The van der Waals surface area contributed by atoms with Crippen LogP contribution in [0.5, 0.6) is 0 Å². The Labute approximate surface area is 147 Å². The molecule has 2 heteroatoms. The summed E-state index contributed by atoms with van der Waals surface area (Å²) in [6.45, 7) is 0.939. The molecule has 122 valence electrons. The average Bonchev–Trinajstić information content (AvgIpc) is 3.30. The van der Waals surface area contributed by atoms with E-state index in [0.29, 0.717) is 0 Å². The van der Waals surface area contributed by atoms with Crippen LogP contribution in [0.2, 0.25) is 0 Å². The zero-order valence-electron chi connectivity index (χ0n) is 14.0. The first kappa shape index (κ1) is 15.3. The Hall–Kier alpha value is -3.26. The second-order valence-electron chi connectivity index (χ2n) is 6.05. The summed E-state index contributed by atoms with van der Waals surface area (Å²) in [6.07, 6.45) is 4.10. The number of nitrogens with one attached hydrogen (secondary N) is 1. The van der Waals surface area contributed by atoms with Gasteiger partial charge in [0, 0.05) is 30.0 Å². The molecule has 0 radical (unpaired) electrons. The Morgan fingerprint density at radius 2 is 1.36 bits per heavy atom. The number of nitrogens with zero attached hydrogens (tertiary/aromatic N) is 1. The highest BCUT2D eigenvalue weighted by Gasteiger charge is 1.99. The van der Waals surface area contributed by atoms with Crippen LogP contribution in [0.15, 0.2) is 103 Å². The Balaban J connectivity index is 0.000000147. The van der Waals surface area contributed by atoms with E-state index in [2.05, 4.69) is 94.6 Å². The van der Waals surface area contributed by atoms with Gasteiger partial charge in [0.1, 0.15) is 0 Å². The molecule has 0 aliphatic heterocycles. The fourth-order valence-electron chi connectivity index (χ4n) is 3.05. The number of rotatable bonds is 2. The summed E-state index contributed by atoms with van der Waals surface area (Å²) in [7, 11) is 0. The largest absolute Gasteiger partial charge is 0.361 e. The van der Waals surface area contributed by atoms with Crippen LogP contribution in [-0.2, 0) is 6.54 Å². The monoisotopic (exact) mass is 324 g/mol. The number of benzene rings is 3. The van der Waals surface area contributed by atoms with E-state index < -0.39 is 0 Å². The zero-order valence-corrected chi connectivity index (χ0v) is 14.0. The Kier molecular flexibility index (Phi) is 4.34. The molecule has 2 aromatic heterocycles. The molecule has 0 spiro atoms. The van der Waals surface area contributed by atoms with E-state index in [9.17, 15) is 0 Å². The third-order valence-corrected chi connectivity index (χ3v) is 4.34. The van der Waals surface area contributed by atoms with Crippen molar-refractivity contribution in [3.8, 4) is 0 Å². The first-order valence-corrected chi connectivity index (χ1v) is 8.50. The van der Waals surface area contributed by atoms with E-state index >= 15 is 0 Å². The highest BCUT2D eigenvalue weighted by atomic mass is 14.9. The molecule has 0 unspecified atom stereocenters. The quantitative estimate of drug-likeness (QED) is 0.420. The summed E-state index contributed by atoms with van der Waals surface area (Å²) >= 11 is 0. The number of aromatic amines is 1. The van der Waals surface area contributed by atoms with Crippen LogP contribution in [0.25, 0.3) is 21.8 Å². The van der Waals surface area contributed by atoms with E-state index in [1.165, 1.54) is 27.4 Å². The van der Waals surface area contributed by atoms with Gasteiger partial charge in [0.25, 0.3) is 0 Å². The van der Waals surface area contributed by atoms with Crippen molar-refractivity contribution in [2.45, 2.75) is 6.54 Å². The Morgan fingerprint density at radius 3 is 2.20 bits per heavy atom. The second-order valence-corrected chi connectivity index (χ2v) is 6.05. The molecule has 0 saturated carbocycles. The molecular formula is C23H20N2. The maximum atomic E-state index is 3.12. The Bertz CT molecular complexity index is 1040. The van der Waals surface area contributed by atoms with Gasteiger partial charge in [0.15, 0.2) is 0 Å². The van der Waals surface area contributed by atoms with Gasteiger partial charge in [-0.05, 0) is 40.6 Å². The number of fused-ring (bicyclic) bond motifs is 2. The van der Waals surface area contributed by atoms with Crippen LogP contribution in [-0.4, -0.2) is 9.55 Å². The minimum atomic E-state index is 0.939. The van der Waals surface area contributed by atoms with Gasteiger partial charge in [0.2, 0.25) is 0 Å². The molecule has 25 heavy (non-hydrogen) atoms. The van der Waals surface area contributed by atoms with Crippen molar-refractivity contribution in [1.29, 1.82) is 0 Å². The van der Waals surface area contributed by atoms with E-state index in [1.54, 1.807) is 0 Å². The number of para-hydroxylation sites is 2. The molecule has 0 saturated heterocycles. The summed E-state index contributed by atoms with van der Waals surface area (Å²) in [5.41, 5.74) is 3.84. The summed E-state index contributed by atoms with van der Waals surface area (Å²) < 4.78 is 2.28. The number of hydrogen-bond donors (Lipinski definition) is 1. The maximum absolute atomic E-state index is 3.12. The lowest BCUT2D eigenvalue weighted by Crippen LogP contribution is -1.96. The van der Waals surface area contributed by atoms with Gasteiger partial charge < -0.3 is 9.55 Å². The van der Waals surface area contributed by atoms with Crippen molar-refractivity contribution >= 4 is 21.8 Å². The van der Waals surface area contributed by atoms with Gasteiger partial charge in [-0.1, -0.05) is 66.7 Å². The lowest BCUT2D eigenvalue weighted by molar-refractivity contribution is 0.837. The molecule has 0 bridgehead atoms. The average molecular weight is 324 g/mol. The molecule has 0 atom stereocenters. The summed E-state index contributed by atoms with van der Waals surface area (Å²) in [5.74, 6) is 0. The van der Waals surface area contributed by atoms with Crippen LogP contribution >= 0.6 is 0 Å². The molecule has 2 heterocycles. The topological polar surface area (TPSA) is 20.7 Å². The summed E-state index contributed by atoms with van der Waals surface area (Å²) in [4.78, 5) is 3.12. The van der Waals surface area contributed by atoms with E-state index in [-0.39, 0.29) is 0 Å². The van der Waals surface area contributed by atoms with Crippen molar-refractivity contribution in [2.75, 3.05) is 0 Å². The molecule has 5 aromatic rings. The van der Waals surface area contributed by atoms with Gasteiger partial charge >= 0.3 is 0 Å². The highest BCUT2D eigenvalue weighted by Crippen LogP contribution is 2.16. The molecule has 1 N–H and O–H groups in total. The van der Waals surface area contributed by atoms with E-state index in [4.69, 9.17) is 0 Å². The molecule has 2 nitrogen and oxygen atoms in total. The molecular weight excluding hydrogens is 304 g/mol. The fourth-order valence-corrected chi connectivity index (χ4v) is 3.05.